The molecule has 3 nitrogen and oxygen atoms in total. The molecule has 0 saturated heterocycles. The van der Waals surface area contributed by atoms with Gasteiger partial charge >= 0.3 is 0 Å². The van der Waals surface area contributed by atoms with Gasteiger partial charge in [0.15, 0.2) is 11.6 Å². The molecule has 0 radical (unpaired) electrons. The molecular formula is C14H13BrFNO2. The zero-order valence-corrected chi connectivity index (χ0v) is 11.9. The van der Waals surface area contributed by atoms with E-state index in [4.69, 9.17) is 4.74 Å². The first-order valence-electron chi connectivity index (χ1n) is 5.76. The molecule has 0 aliphatic heterocycles. The fourth-order valence-electron chi connectivity index (χ4n) is 1.59. The van der Waals surface area contributed by atoms with Crippen LogP contribution in [0.15, 0.2) is 41.1 Å². The van der Waals surface area contributed by atoms with E-state index in [1.165, 1.54) is 12.1 Å². The van der Waals surface area contributed by atoms with Crippen molar-refractivity contribution in [2.45, 2.75) is 19.6 Å². The number of pyridine rings is 1. The number of ether oxygens (including phenoxy) is 1. The molecule has 0 unspecified atom stereocenters. The number of hydrogen-bond donors (Lipinski definition) is 1. The van der Waals surface area contributed by atoms with Crippen molar-refractivity contribution in [1.82, 2.24) is 4.98 Å². The van der Waals surface area contributed by atoms with Crippen molar-refractivity contribution < 1.29 is 14.2 Å². The molecule has 1 aromatic heterocycles. The van der Waals surface area contributed by atoms with Gasteiger partial charge in [0, 0.05) is 22.4 Å². The van der Waals surface area contributed by atoms with Gasteiger partial charge in [-0.1, -0.05) is 6.07 Å². The van der Waals surface area contributed by atoms with Crippen LogP contribution in [0.2, 0.25) is 0 Å². The van der Waals surface area contributed by atoms with Crippen molar-refractivity contribution in [3.63, 3.8) is 0 Å². The molecule has 19 heavy (non-hydrogen) atoms. The molecule has 0 amide bonds. The van der Waals surface area contributed by atoms with Crippen molar-refractivity contribution in [3.8, 4) is 5.75 Å². The van der Waals surface area contributed by atoms with Crippen molar-refractivity contribution in [1.29, 1.82) is 0 Å². The quantitative estimate of drug-likeness (QED) is 0.933. The number of aromatic nitrogens is 1. The van der Waals surface area contributed by atoms with Gasteiger partial charge in [0.05, 0.1) is 6.10 Å². The minimum absolute atomic E-state index is 0.157. The van der Waals surface area contributed by atoms with Crippen LogP contribution >= 0.6 is 15.9 Å². The first-order chi connectivity index (χ1) is 9.06. The Morgan fingerprint density at radius 2 is 2.16 bits per heavy atom. The molecule has 0 spiro atoms. The van der Waals surface area contributed by atoms with Crippen molar-refractivity contribution in [2.24, 2.45) is 0 Å². The maximum absolute atomic E-state index is 13.7. The normalized spacial score (nSPS) is 12.2. The van der Waals surface area contributed by atoms with Gasteiger partial charge in [-0.05, 0) is 46.6 Å². The van der Waals surface area contributed by atoms with Crippen molar-refractivity contribution in [2.75, 3.05) is 0 Å². The minimum atomic E-state index is -0.696. The second-order valence-corrected chi connectivity index (χ2v) is 5.08. The molecule has 2 rings (SSSR count). The monoisotopic (exact) mass is 325 g/mol. The molecule has 0 saturated carbocycles. The predicted octanol–water partition coefficient (Wildman–Crippen LogP) is 3.62. The van der Waals surface area contributed by atoms with Gasteiger partial charge in [-0.25, -0.2) is 4.39 Å². The standard InChI is InChI=1S/C14H13BrFNO2/c1-9(18)11-2-3-14(13(16)5-11)19-8-10-4-12(15)7-17-6-10/h2-7,9,18H,8H2,1H3/t9-/m1/s1. The number of aliphatic hydroxyl groups is 1. The Morgan fingerprint density at radius 1 is 1.37 bits per heavy atom. The number of benzene rings is 1. The lowest BCUT2D eigenvalue weighted by molar-refractivity contribution is 0.198. The Hall–Kier alpha value is -1.46. The lowest BCUT2D eigenvalue weighted by Crippen LogP contribution is -1.99. The highest BCUT2D eigenvalue weighted by Gasteiger charge is 2.08. The van der Waals surface area contributed by atoms with Crippen LogP contribution in [-0.2, 0) is 6.61 Å². The number of rotatable bonds is 4. The number of halogens is 2. The van der Waals surface area contributed by atoms with Crippen LogP contribution in [0, 0.1) is 5.82 Å². The van der Waals surface area contributed by atoms with E-state index in [2.05, 4.69) is 20.9 Å². The second-order valence-electron chi connectivity index (χ2n) is 4.17. The molecule has 1 atom stereocenters. The Morgan fingerprint density at radius 3 is 2.79 bits per heavy atom. The van der Waals surface area contributed by atoms with E-state index in [0.29, 0.717) is 5.56 Å². The minimum Gasteiger partial charge on any atom is -0.486 e. The highest BCUT2D eigenvalue weighted by molar-refractivity contribution is 9.10. The molecule has 1 N–H and O–H groups in total. The summed E-state index contributed by atoms with van der Waals surface area (Å²) in [5.41, 5.74) is 1.36. The number of hydrogen-bond acceptors (Lipinski definition) is 3. The molecule has 5 heteroatoms. The first kappa shape index (κ1) is 14.0. The molecule has 0 fully saturated rings. The molecule has 0 aliphatic carbocycles. The average Bonchev–Trinajstić information content (AvgIpc) is 2.37. The summed E-state index contributed by atoms with van der Waals surface area (Å²) in [4.78, 5) is 4.00. The third-order valence-electron chi connectivity index (χ3n) is 2.59. The lowest BCUT2D eigenvalue weighted by Gasteiger charge is -2.10. The summed E-state index contributed by atoms with van der Waals surface area (Å²) in [5.74, 6) is -0.328. The molecule has 0 bridgehead atoms. The number of aliphatic hydroxyl groups excluding tert-OH is 1. The SMILES string of the molecule is C[C@@H](O)c1ccc(OCc2cncc(Br)c2)c(F)c1. The smallest absolute Gasteiger partial charge is 0.165 e. The van der Waals surface area contributed by atoms with E-state index in [1.54, 1.807) is 25.4 Å². The van der Waals surface area contributed by atoms with Crippen LogP contribution in [0.5, 0.6) is 5.75 Å². The Kier molecular flexibility index (Phi) is 4.50. The lowest BCUT2D eigenvalue weighted by atomic mass is 10.1. The zero-order chi connectivity index (χ0) is 13.8. The van der Waals surface area contributed by atoms with Gasteiger partial charge in [0.2, 0.25) is 0 Å². The molecule has 0 aliphatic rings. The Bertz CT molecular complexity index is 575. The first-order valence-corrected chi connectivity index (χ1v) is 6.55. The fraction of sp³-hybridized carbons (Fsp3) is 0.214. The summed E-state index contributed by atoms with van der Waals surface area (Å²) >= 11 is 3.31. The van der Waals surface area contributed by atoms with E-state index in [9.17, 15) is 9.50 Å². The molecule has 100 valence electrons. The van der Waals surface area contributed by atoms with Gasteiger partial charge in [-0.3, -0.25) is 4.98 Å². The van der Waals surface area contributed by atoms with Crippen LogP contribution in [-0.4, -0.2) is 10.1 Å². The van der Waals surface area contributed by atoms with Crippen LogP contribution in [0.3, 0.4) is 0 Å². The average molecular weight is 326 g/mol. The molecule has 1 heterocycles. The van der Waals surface area contributed by atoms with E-state index >= 15 is 0 Å². The largest absolute Gasteiger partial charge is 0.486 e. The van der Waals surface area contributed by atoms with Crippen LogP contribution in [0.25, 0.3) is 0 Å². The molecule has 1 aromatic carbocycles. The van der Waals surface area contributed by atoms with Crippen molar-refractivity contribution >= 4 is 15.9 Å². The maximum atomic E-state index is 13.7. The summed E-state index contributed by atoms with van der Waals surface area (Å²) in [6, 6.07) is 6.29. The maximum Gasteiger partial charge on any atom is 0.165 e. The third-order valence-corrected chi connectivity index (χ3v) is 3.03. The van der Waals surface area contributed by atoms with Gasteiger partial charge in [-0.2, -0.15) is 0 Å². The van der Waals surface area contributed by atoms with E-state index in [1.807, 2.05) is 6.07 Å². The summed E-state index contributed by atoms with van der Waals surface area (Å²) in [6.45, 7) is 1.82. The van der Waals surface area contributed by atoms with Gasteiger partial charge in [-0.15, -0.1) is 0 Å². The van der Waals surface area contributed by atoms with Gasteiger partial charge in [0.1, 0.15) is 6.61 Å². The molecular weight excluding hydrogens is 313 g/mol. The van der Waals surface area contributed by atoms with E-state index in [-0.39, 0.29) is 12.4 Å². The van der Waals surface area contributed by atoms with Crippen molar-refractivity contribution in [3.05, 3.63) is 58.1 Å². The Labute approximate surface area is 119 Å². The summed E-state index contributed by atoms with van der Waals surface area (Å²) in [6.07, 6.45) is 2.63. The second kappa shape index (κ2) is 6.12. The topological polar surface area (TPSA) is 42.4 Å². The van der Waals surface area contributed by atoms with Gasteiger partial charge in [0.25, 0.3) is 0 Å². The Balaban J connectivity index is 2.07. The summed E-state index contributed by atoms with van der Waals surface area (Å²) in [7, 11) is 0. The fourth-order valence-corrected chi connectivity index (χ4v) is 2.00. The highest BCUT2D eigenvalue weighted by Crippen LogP contribution is 2.23. The van der Waals surface area contributed by atoms with Crippen LogP contribution < -0.4 is 4.74 Å². The van der Waals surface area contributed by atoms with E-state index in [0.717, 1.165) is 10.0 Å². The van der Waals surface area contributed by atoms with E-state index < -0.39 is 11.9 Å². The summed E-state index contributed by atoms with van der Waals surface area (Å²) in [5, 5.41) is 9.36. The number of nitrogens with zero attached hydrogens (tertiary/aromatic N) is 1. The zero-order valence-electron chi connectivity index (χ0n) is 10.3. The summed E-state index contributed by atoms with van der Waals surface area (Å²) < 4.78 is 20.0. The predicted molar refractivity (Wildman–Crippen MR) is 73.3 cm³/mol. The molecule has 2 aromatic rings. The highest BCUT2D eigenvalue weighted by atomic mass is 79.9. The van der Waals surface area contributed by atoms with Crippen LogP contribution in [0.1, 0.15) is 24.2 Å². The van der Waals surface area contributed by atoms with Gasteiger partial charge < -0.3 is 9.84 Å². The third kappa shape index (κ3) is 3.75. The van der Waals surface area contributed by atoms with Crippen LogP contribution in [0.4, 0.5) is 4.39 Å².